The molecule has 1 saturated heterocycles. The molecule has 1 aliphatic heterocycles. The van der Waals surface area contributed by atoms with Gasteiger partial charge in [-0.1, -0.05) is 19.3 Å². The molecule has 0 radical (unpaired) electrons. The molecule has 0 spiro atoms. The first kappa shape index (κ1) is 14.1. The maximum absolute atomic E-state index is 4.73. The van der Waals surface area contributed by atoms with Gasteiger partial charge in [0.05, 0.1) is 11.7 Å². The average molecular weight is 276 g/mol. The highest BCUT2D eigenvalue weighted by Crippen LogP contribution is 2.28. The quantitative estimate of drug-likeness (QED) is 0.897. The first-order chi connectivity index (χ1) is 9.83. The van der Waals surface area contributed by atoms with Crippen LogP contribution in [0.5, 0.6) is 0 Å². The molecule has 1 aromatic heterocycles. The van der Waals surface area contributed by atoms with Gasteiger partial charge in [0.25, 0.3) is 0 Å². The zero-order chi connectivity index (χ0) is 13.8. The second-order valence-electron chi connectivity index (χ2n) is 6.49. The van der Waals surface area contributed by atoms with E-state index in [1.807, 2.05) is 0 Å². The largest absolute Gasteiger partial charge is 0.310 e. The van der Waals surface area contributed by atoms with Crippen LogP contribution in [0.3, 0.4) is 0 Å². The van der Waals surface area contributed by atoms with Crippen LogP contribution in [-0.2, 0) is 6.54 Å². The van der Waals surface area contributed by atoms with Crippen LogP contribution >= 0.6 is 0 Å². The molecule has 3 rings (SSSR count). The van der Waals surface area contributed by atoms with Crippen molar-refractivity contribution >= 4 is 0 Å². The Balaban J connectivity index is 1.44. The molecule has 0 bridgehead atoms. The minimum absolute atomic E-state index is 0.660. The van der Waals surface area contributed by atoms with Crippen molar-refractivity contribution in [1.82, 2.24) is 20.0 Å². The fourth-order valence-corrected chi connectivity index (χ4v) is 3.61. The van der Waals surface area contributed by atoms with Crippen molar-refractivity contribution in [2.24, 2.45) is 0 Å². The maximum Gasteiger partial charge on any atom is 0.0762 e. The van der Waals surface area contributed by atoms with E-state index < -0.39 is 0 Å². The van der Waals surface area contributed by atoms with Gasteiger partial charge in [0.2, 0.25) is 0 Å². The van der Waals surface area contributed by atoms with E-state index >= 15 is 0 Å². The Kier molecular flexibility index (Phi) is 4.73. The number of aromatic nitrogens is 2. The first-order valence-electron chi connectivity index (χ1n) is 8.28. The van der Waals surface area contributed by atoms with Crippen LogP contribution in [0.25, 0.3) is 0 Å². The fraction of sp³-hybridized carbons (Fsp3) is 0.812. The van der Waals surface area contributed by atoms with Gasteiger partial charge in [0.15, 0.2) is 0 Å². The molecule has 2 aliphatic rings. The Hall–Kier alpha value is -0.870. The summed E-state index contributed by atoms with van der Waals surface area (Å²) >= 11 is 0. The van der Waals surface area contributed by atoms with Gasteiger partial charge in [-0.05, 0) is 45.3 Å². The summed E-state index contributed by atoms with van der Waals surface area (Å²) in [5.41, 5.74) is 1.19. The average Bonchev–Trinajstić information content (AvgIpc) is 3.11. The number of likely N-dealkylation sites (N-methyl/N-ethyl adjacent to an activating group) is 1. The van der Waals surface area contributed by atoms with Crippen molar-refractivity contribution in [1.29, 1.82) is 0 Å². The molecule has 20 heavy (non-hydrogen) atoms. The van der Waals surface area contributed by atoms with Crippen molar-refractivity contribution in [2.75, 3.05) is 20.1 Å². The standard InChI is InChI=1S/C16H28N4/c1-19-10-5-4-8-16(19)13-17-12-14-9-11-20(18-14)15-6-2-3-7-15/h9,11,15-17H,2-8,10,12-13H2,1H3. The van der Waals surface area contributed by atoms with E-state index in [0.717, 1.165) is 13.1 Å². The van der Waals surface area contributed by atoms with Gasteiger partial charge in [-0.15, -0.1) is 0 Å². The lowest BCUT2D eigenvalue weighted by Gasteiger charge is -2.32. The summed E-state index contributed by atoms with van der Waals surface area (Å²) in [4.78, 5) is 2.49. The molecule has 1 atom stereocenters. The SMILES string of the molecule is CN1CCCCC1CNCc1ccn(C2CCCC2)n1. The van der Waals surface area contributed by atoms with Crippen LogP contribution in [0.4, 0.5) is 0 Å². The maximum atomic E-state index is 4.73. The van der Waals surface area contributed by atoms with Crippen LogP contribution < -0.4 is 5.32 Å². The molecule has 2 heterocycles. The monoisotopic (exact) mass is 276 g/mol. The minimum atomic E-state index is 0.660. The molecular formula is C16H28N4. The van der Waals surface area contributed by atoms with Gasteiger partial charge in [-0.25, -0.2) is 0 Å². The Morgan fingerprint density at radius 1 is 1.20 bits per heavy atom. The molecule has 1 saturated carbocycles. The van der Waals surface area contributed by atoms with Gasteiger partial charge < -0.3 is 10.2 Å². The third-order valence-electron chi connectivity index (χ3n) is 4.97. The van der Waals surface area contributed by atoms with Gasteiger partial charge >= 0.3 is 0 Å². The molecule has 2 fully saturated rings. The molecule has 112 valence electrons. The molecule has 1 aromatic rings. The Bertz CT molecular complexity index is 408. The van der Waals surface area contributed by atoms with Gasteiger partial charge in [0.1, 0.15) is 0 Å². The smallest absolute Gasteiger partial charge is 0.0762 e. The van der Waals surface area contributed by atoms with Crippen LogP contribution in [-0.4, -0.2) is 40.9 Å². The first-order valence-corrected chi connectivity index (χ1v) is 8.28. The molecule has 1 unspecified atom stereocenters. The molecule has 1 N–H and O–H groups in total. The lowest BCUT2D eigenvalue weighted by molar-refractivity contribution is 0.181. The summed E-state index contributed by atoms with van der Waals surface area (Å²) in [6.07, 6.45) is 11.6. The second-order valence-corrected chi connectivity index (χ2v) is 6.49. The van der Waals surface area contributed by atoms with E-state index in [4.69, 9.17) is 5.10 Å². The highest BCUT2D eigenvalue weighted by atomic mass is 15.3. The number of nitrogens with one attached hydrogen (secondary N) is 1. The number of hydrogen-bond donors (Lipinski definition) is 1. The molecule has 0 aromatic carbocycles. The third-order valence-corrected chi connectivity index (χ3v) is 4.97. The van der Waals surface area contributed by atoms with Crippen LogP contribution in [0.2, 0.25) is 0 Å². The summed E-state index contributed by atoms with van der Waals surface area (Å²) in [5, 5.41) is 8.32. The fourth-order valence-electron chi connectivity index (χ4n) is 3.61. The molecule has 4 nitrogen and oxygen atoms in total. The van der Waals surface area contributed by atoms with Crippen molar-refractivity contribution < 1.29 is 0 Å². The van der Waals surface area contributed by atoms with E-state index in [-0.39, 0.29) is 0 Å². The lowest BCUT2D eigenvalue weighted by Crippen LogP contribution is -2.42. The normalized spacial score (nSPS) is 25.4. The second kappa shape index (κ2) is 6.72. The summed E-state index contributed by atoms with van der Waals surface area (Å²) < 4.78 is 2.19. The topological polar surface area (TPSA) is 33.1 Å². The van der Waals surface area contributed by atoms with Crippen LogP contribution in [0, 0.1) is 0 Å². The van der Waals surface area contributed by atoms with Crippen LogP contribution in [0.1, 0.15) is 56.7 Å². The molecule has 1 aliphatic carbocycles. The predicted molar refractivity (Wildman–Crippen MR) is 81.7 cm³/mol. The van der Waals surface area contributed by atoms with Crippen molar-refractivity contribution in [3.05, 3.63) is 18.0 Å². The van der Waals surface area contributed by atoms with E-state index in [9.17, 15) is 0 Å². The highest BCUT2D eigenvalue weighted by Gasteiger charge is 2.19. The third kappa shape index (κ3) is 3.41. The molecule has 0 amide bonds. The van der Waals surface area contributed by atoms with Crippen molar-refractivity contribution in [2.45, 2.75) is 63.6 Å². The minimum Gasteiger partial charge on any atom is -0.310 e. The number of likely N-dealkylation sites (tertiary alicyclic amines) is 1. The van der Waals surface area contributed by atoms with Crippen LogP contribution in [0.15, 0.2) is 12.3 Å². The molecule has 4 heteroatoms. The number of nitrogens with zero attached hydrogens (tertiary/aromatic N) is 3. The summed E-state index contributed by atoms with van der Waals surface area (Å²) in [6.45, 7) is 3.25. The van der Waals surface area contributed by atoms with E-state index in [1.165, 1.54) is 57.2 Å². The lowest BCUT2D eigenvalue weighted by atomic mass is 10.0. The van der Waals surface area contributed by atoms with Gasteiger partial charge in [0, 0.05) is 25.3 Å². The number of hydrogen-bond acceptors (Lipinski definition) is 3. The van der Waals surface area contributed by atoms with Crippen molar-refractivity contribution in [3.8, 4) is 0 Å². The summed E-state index contributed by atoms with van der Waals surface area (Å²) in [6, 6.07) is 3.55. The molecular weight excluding hydrogens is 248 g/mol. The van der Waals surface area contributed by atoms with Crippen molar-refractivity contribution in [3.63, 3.8) is 0 Å². The van der Waals surface area contributed by atoms with E-state index in [2.05, 4.69) is 34.2 Å². The zero-order valence-corrected chi connectivity index (χ0v) is 12.7. The summed E-state index contributed by atoms with van der Waals surface area (Å²) in [5.74, 6) is 0. The zero-order valence-electron chi connectivity index (χ0n) is 12.7. The Morgan fingerprint density at radius 3 is 2.80 bits per heavy atom. The number of piperidine rings is 1. The highest BCUT2D eigenvalue weighted by molar-refractivity contribution is 5.00. The number of rotatable bonds is 5. The Morgan fingerprint density at radius 2 is 2.00 bits per heavy atom. The van der Waals surface area contributed by atoms with E-state index in [0.29, 0.717) is 12.1 Å². The van der Waals surface area contributed by atoms with Gasteiger partial charge in [-0.2, -0.15) is 5.10 Å². The van der Waals surface area contributed by atoms with E-state index in [1.54, 1.807) is 0 Å². The Labute approximate surface area is 122 Å². The van der Waals surface area contributed by atoms with Gasteiger partial charge in [-0.3, -0.25) is 4.68 Å². The summed E-state index contributed by atoms with van der Waals surface area (Å²) in [7, 11) is 2.25. The predicted octanol–water partition coefficient (Wildman–Crippen LogP) is 2.57.